The first-order valence-corrected chi connectivity index (χ1v) is 5.33. The molecule has 0 aromatic heterocycles. The monoisotopic (exact) mass is 230 g/mol. The molecule has 2 atom stereocenters. The second-order valence-corrected chi connectivity index (χ2v) is 4.08. The topological polar surface area (TPSA) is 78.9 Å². The third-order valence-electron chi connectivity index (χ3n) is 2.62. The lowest BCUT2D eigenvalue weighted by molar-refractivity contribution is -0.137. The Labute approximate surface area is 94.6 Å². The van der Waals surface area contributed by atoms with Crippen molar-refractivity contribution >= 4 is 12.0 Å². The Balaban J connectivity index is 2.35. The van der Waals surface area contributed by atoms with Crippen molar-refractivity contribution in [1.82, 2.24) is 10.2 Å². The van der Waals surface area contributed by atoms with Crippen molar-refractivity contribution in [3.05, 3.63) is 0 Å². The number of nitrogens with zero attached hydrogens (tertiary/aromatic N) is 1. The van der Waals surface area contributed by atoms with Gasteiger partial charge in [-0.15, -0.1) is 0 Å². The molecule has 2 amide bonds. The van der Waals surface area contributed by atoms with Crippen LogP contribution in [-0.4, -0.2) is 54.4 Å². The molecule has 6 heteroatoms. The summed E-state index contributed by atoms with van der Waals surface area (Å²) in [5.74, 6) is -0.917. The Morgan fingerprint density at radius 1 is 1.62 bits per heavy atom. The molecule has 1 heterocycles. The molecule has 0 saturated carbocycles. The van der Waals surface area contributed by atoms with Gasteiger partial charge in [0.2, 0.25) is 0 Å². The number of hydrogen-bond acceptors (Lipinski definition) is 3. The number of likely N-dealkylation sites (N-methyl/N-ethyl adjacent to an activating group) is 1. The highest BCUT2D eigenvalue weighted by atomic mass is 16.5. The molecule has 0 aromatic rings. The maximum Gasteiger partial charge on any atom is 0.317 e. The first-order chi connectivity index (χ1) is 7.50. The SMILES string of the molecule is CC(CC(=O)O)NC(=O)N(C)C1CCOC1. The van der Waals surface area contributed by atoms with E-state index in [2.05, 4.69) is 5.32 Å². The third kappa shape index (κ3) is 3.69. The van der Waals surface area contributed by atoms with Crippen LogP contribution in [0.2, 0.25) is 0 Å². The molecule has 0 radical (unpaired) electrons. The zero-order valence-corrected chi connectivity index (χ0v) is 9.60. The van der Waals surface area contributed by atoms with E-state index >= 15 is 0 Å². The van der Waals surface area contributed by atoms with E-state index < -0.39 is 5.97 Å². The standard InChI is InChI=1S/C10H18N2O4/c1-7(5-9(13)14)11-10(15)12(2)8-3-4-16-6-8/h7-8H,3-6H2,1-2H3,(H,11,15)(H,13,14). The fourth-order valence-corrected chi connectivity index (χ4v) is 1.62. The van der Waals surface area contributed by atoms with E-state index in [0.717, 1.165) is 6.42 Å². The summed E-state index contributed by atoms with van der Waals surface area (Å²) in [4.78, 5) is 23.7. The van der Waals surface area contributed by atoms with Crippen molar-refractivity contribution in [3.8, 4) is 0 Å². The molecule has 1 saturated heterocycles. The van der Waals surface area contributed by atoms with E-state index in [1.165, 1.54) is 0 Å². The minimum absolute atomic E-state index is 0.0687. The highest BCUT2D eigenvalue weighted by Gasteiger charge is 2.24. The normalized spacial score (nSPS) is 21.5. The van der Waals surface area contributed by atoms with E-state index in [0.29, 0.717) is 13.2 Å². The summed E-state index contributed by atoms with van der Waals surface area (Å²) >= 11 is 0. The van der Waals surface area contributed by atoms with Gasteiger partial charge in [-0.05, 0) is 13.3 Å². The number of hydrogen-bond donors (Lipinski definition) is 2. The van der Waals surface area contributed by atoms with Crippen LogP contribution in [0, 0.1) is 0 Å². The Bertz CT molecular complexity index is 264. The summed E-state index contributed by atoms with van der Waals surface area (Å²) in [6.07, 6.45) is 0.762. The maximum absolute atomic E-state index is 11.7. The van der Waals surface area contributed by atoms with E-state index in [-0.39, 0.29) is 24.5 Å². The molecule has 1 fully saturated rings. The highest BCUT2D eigenvalue weighted by Crippen LogP contribution is 2.10. The largest absolute Gasteiger partial charge is 0.481 e. The van der Waals surface area contributed by atoms with Gasteiger partial charge >= 0.3 is 12.0 Å². The number of carbonyl (C=O) groups is 2. The van der Waals surface area contributed by atoms with Gasteiger partial charge in [-0.25, -0.2) is 4.79 Å². The molecule has 1 aliphatic heterocycles. The van der Waals surface area contributed by atoms with Crippen molar-refractivity contribution < 1.29 is 19.4 Å². The number of carboxylic acid groups (broad SMARTS) is 1. The van der Waals surface area contributed by atoms with Crippen molar-refractivity contribution in [2.75, 3.05) is 20.3 Å². The molecule has 0 aliphatic carbocycles. The van der Waals surface area contributed by atoms with Gasteiger partial charge in [0, 0.05) is 19.7 Å². The number of urea groups is 1. The first kappa shape index (κ1) is 12.8. The average molecular weight is 230 g/mol. The second kappa shape index (κ2) is 5.69. The quantitative estimate of drug-likeness (QED) is 0.727. The molecule has 6 nitrogen and oxygen atoms in total. The van der Waals surface area contributed by atoms with E-state index in [9.17, 15) is 9.59 Å². The van der Waals surface area contributed by atoms with Crippen molar-refractivity contribution in [1.29, 1.82) is 0 Å². The highest BCUT2D eigenvalue weighted by molar-refractivity contribution is 5.75. The minimum atomic E-state index is -0.917. The number of ether oxygens (including phenoxy) is 1. The Morgan fingerprint density at radius 2 is 2.31 bits per heavy atom. The van der Waals surface area contributed by atoms with Crippen LogP contribution in [0.25, 0.3) is 0 Å². The minimum Gasteiger partial charge on any atom is -0.481 e. The lowest BCUT2D eigenvalue weighted by Crippen LogP contribution is -2.47. The van der Waals surface area contributed by atoms with Gasteiger partial charge in [0.25, 0.3) is 0 Å². The molecule has 92 valence electrons. The van der Waals surface area contributed by atoms with Crippen LogP contribution in [0.1, 0.15) is 19.8 Å². The van der Waals surface area contributed by atoms with Crippen LogP contribution in [0.3, 0.4) is 0 Å². The molecule has 0 bridgehead atoms. The number of amides is 2. The molecule has 2 N–H and O–H groups in total. The van der Waals surface area contributed by atoms with Gasteiger partial charge in [-0.3, -0.25) is 4.79 Å². The number of carbonyl (C=O) groups excluding carboxylic acids is 1. The molecule has 0 spiro atoms. The van der Waals surface area contributed by atoms with Crippen LogP contribution >= 0.6 is 0 Å². The first-order valence-electron chi connectivity index (χ1n) is 5.33. The summed E-state index contributed by atoms with van der Waals surface area (Å²) in [7, 11) is 1.70. The van der Waals surface area contributed by atoms with Gasteiger partial charge < -0.3 is 20.1 Å². The zero-order chi connectivity index (χ0) is 12.1. The van der Waals surface area contributed by atoms with E-state index in [1.54, 1.807) is 18.9 Å². The Morgan fingerprint density at radius 3 is 2.81 bits per heavy atom. The van der Waals surface area contributed by atoms with Gasteiger partial charge in [0.1, 0.15) is 0 Å². The fourth-order valence-electron chi connectivity index (χ4n) is 1.62. The third-order valence-corrected chi connectivity index (χ3v) is 2.62. The van der Waals surface area contributed by atoms with Gasteiger partial charge in [0.05, 0.1) is 19.1 Å². The smallest absolute Gasteiger partial charge is 0.317 e. The van der Waals surface area contributed by atoms with Crippen molar-refractivity contribution in [2.45, 2.75) is 31.8 Å². The number of nitrogens with one attached hydrogen (secondary N) is 1. The maximum atomic E-state index is 11.7. The van der Waals surface area contributed by atoms with Gasteiger partial charge in [-0.2, -0.15) is 0 Å². The second-order valence-electron chi connectivity index (χ2n) is 4.08. The summed E-state index contributed by atoms with van der Waals surface area (Å²) in [5, 5.41) is 11.2. The van der Waals surface area contributed by atoms with Gasteiger partial charge in [-0.1, -0.05) is 0 Å². The summed E-state index contributed by atoms with van der Waals surface area (Å²) < 4.78 is 5.18. The lowest BCUT2D eigenvalue weighted by Gasteiger charge is -2.25. The predicted molar refractivity (Wildman–Crippen MR) is 57.2 cm³/mol. The molecule has 0 aromatic carbocycles. The molecule has 2 unspecified atom stereocenters. The molecule has 16 heavy (non-hydrogen) atoms. The zero-order valence-electron chi connectivity index (χ0n) is 9.60. The van der Waals surface area contributed by atoms with Crippen LogP contribution < -0.4 is 5.32 Å². The van der Waals surface area contributed by atoms with Crippen LogP contribution in [-0.2, 0) is 9.53 Å². The summed E-state index contributed by atoms with van der Waals surface area (Å²) in [6.45, 7) is 2.90. The fraction of sp³-hybridized carbons (Fsp3) is 0.800. The average Bonchev–Trinajstić information content (AvgIpc) is 2.67. The molecular weight excluding hydrogens is 212 g/mol. The Kier molecular flexibility index (Phi) is 4.54. The van der Waals surface area contributed by atoms with E-state index in [4.69, 9.17) is 9.84 Å². The summed E-state index contributed by atoms with van der Waals surface area (Å²) in [6, 6.07) is -0.518. The van der Waals surface area contributed by atoms with E-state index in [1.807, 2.05) is 0 Å². The molecule has 1 rings (SSSR count). The van der Waals surface area contributed by atoms with Crippen LogP contribution in [0.5, 0.6) is 0 Å². The van der Waals surface area contributed by atoms with Crippen LogP contribution in [0.15, 0.2) is 0 Å². The van der Waals surface area contributed by atoms with Crippen LogP contribution in [0.4, 0.5) is 4.79 Å². The lowest BCUT2D eigenvalue weighted by atomic mass is 10.2. The van der Waals surface area contributed by atoms with Gasteiger partial charge in [0.15, 0.2) is 0 Å². The summed E-state index contributed by atoms with van der Waals surface area (Å²) in [5.41, 5.74) is 0. The van der Waals surface area contributed by atoms with Crippen molar-refractivity contribution in [2.24, 2.45) is 0 Å². The molecular formula is C10H18N2O4. The number of carboxylic acids is 1. The Hall–Kier alpha value is -1.30. The number of rotatable bonds is 4. The van der Waals surface area contributed by atoms with Crippen molar-refractivity contribution in [3.63, 3.8) is 0 Å². The predicted octanol–water partition coefficient (Wildman–Crippen LogP) is 0.280. The number of aliphatic carboxylic acids is 1. The molecule has 1 aliphatic rings.